The summed E-state index contributed by atoms with van der Waals surface area (Å²) in [4.78, 5) is 14.1. The molecule has 1 heterocycles. The molecule has 3 nitrogen and oxygen atoms in total. The first-order valence-electron chi connectivity index (χ1n) is 10.1. The molecule has 1 N–H and O–H groups in total. The molecule has 148 valence electrons. The molecule has 0 spiro atoms. The smallest absolute Gasteiger partial charge is 0.224 e. The van der Waals surface area contributed by atoms with E-state index in [2.05, 4.69) is 52.7 Å². The lowest BCUT2D eigenvalue weighted by atomic mass is 10.1. The molecular weight excluding hydrogens is 356 g/mol. The maximum absolute atomic E-state index is 11.7. The molecule has 0 aromatic heterocycles. The normalized spacial score (nSPS) is 12.8. The second kappa shape index (κ2) is 11.6. The minimum atomic E-state index is 0.0556. The van der Waals surface area contributed by atoms with E-state index in [1.54, 1.807) is 0 Å². The SMILES string of the molecule is C1=CCN(Cc2ccccc2)C1.O=C(Cc1ccccc1)NCc1ccccc1. The van der Waals surface area contributed by atoms with Crippen molar-refractivity contribution in [2.45, 2.75) is 19.5 Å². The molecule has 0 saturated carbocycles. The summed E-state index contributed by atoms with van der Waals surface area (Å²) < 4.78 is 0. The minimum absolute atomic E-state index is 0.0556. The Hall–Kier alpha value is -3.17. The van der Waals surface area contributed by atoms with Crippen molar-refractivity contribution in [3.63, 3.8) is 0 Å². The summed E-state index contributed by atoms with van der Waals surface area (Å²) in [5, 5.41) is 2.91. The van der Waals surface area contributed by atoms with E-state index >= 15 is 0 Å². The van der Waals surface area contributed by atoms with E-state index in [0.717, 1.165) is 30.8 Å². The molecule has 0 saturated heterocycles. The monoisotopic (exact) mass is 384 g/mol. The van der Waals surface area contributed by atoms with E-state index in [1.807, 2.05) is 60.7 Å². The van der Waals surface area contributed by atoms with Crippen LogP contribution in [0.25, 0.3) is 0 Å². The summed E-state index contributed by atoms with van der Waals surface area (Å²) in [6, 6.07) is 30.3. The number of hydrogen-bond donors (Lipinski definition) is 1. The number of hydrogen-bond acceptors (Lipinski definition) is 2. The fourth-order valence-electron chi connectivity index (χ4n) is 3.13. The predicted octanol–water partition coefficient (Wildman–Crippen LogP) is 4.60. The lowest BCUT2D eigenvalue weighted by molar-refractivity contribution is -0.120. The van der Waals surface area contributed by atoms with Gasteiger partial charge >= 0.3 is 0 Å². The number of amides is 1. The van der Waals surface area contributed by atoms with Crippen LogP contribution in [0.5, 0.6) is 0 Å². The highest BCUT2D eigenvalue weighted by Crippen LogP contribution is 2.07. The predicted molar refractivity (Wildman–Crippen MR) is 119 cm³/mol. The Balaban J connectivity index is 0.000000176. The van der Waals surface area contributed by atoms with Crippen LogP contribution < -0.4 is 5.32 Å². The number of carbonyl (C=O) groups excluding carboxylic acids is 1. The van der Waals surface area contributed by atoms with Crippen molar-refractivity contribution >= 4 is 5.91 Å². The summed E-state index contributed by atoms with van der Waals surface area (Å²) >= 11 is 0. The summed E-state index contributed by atoms with van der Waals surface area (Å²) in [6.45, 7) is 3.88. The van der Waals surface area contributed by atoms with Crippen LogP contribution in [-0.4, -0.2) is 23.9 Å². The fourth-order valence-corrected chi connectivity index (χ4v) is 3.13. The van der Waals surface area contributed by atoms with Crippen molar-refractivity contribution in [2.75, 3.05) is 13.1 Å². The molecule has 3 aromatic rings. The molecular formula is C26H28N2O. The molecule has 0 unspecified atom stereocenters. The fraction of sp³-hybridized carbons (Fsp3) is 0.192. The Kier molecular flexibility index (Phi) is 8.24. The van der Waals surface area contributed by atoms with E-state index in [1.165, 1.54) is 5.56 Å². The molecule has 0 aliphatic carbocycles. The first kappa shape index (κ1) is 20.6. The number of nitrogens with one attached hydrogen (secondary N) is 1. The van der Waals surface area contributed by atoms with Gasteiger partial charge in [0.1, 0.15) is 0 Å². The van der Waals surface area contributed by atoms with E-state index in [-0.39, 0.29) is 5.91 Å². The Morgan fingerprint density at radius 1 is 0.690 bits per heavy atom. The quantitative estimate of drug-likeness (QED) is 0.630. The molecule has 29 heavy (non-hydrogen) atoms. The van der Waals surface area contributed by atoms with Crippen molar-refractivity contribution in [3.8, 4) is 0 Å². The number of carbonyl (C=O) groups is 1. The van der Waals surface area contributed by atoms with Gasteiger partial charge in [-0.15, -0.1) is 0 Å². The average Bonchev–Trinajstić information content (AvgIpc) is 3.28. The molecule has 0 atom stereocenters. The highest BCUT2D eigenvalue weighted by Gasteiger charge is 2.05. The first-order valence-corrected chi connectivity index (χ1v) is 10.1. The van der Waals surface area contributed by atoms with Gasteiger partial charge in [0.25, 0.3) is 0 Å². The van der Waals surface area contributed by atoms with Gasteiger partial charge in [-0.3, -0.25) is 9.69 Å². The van der Waals surface area contributed by atoms with Crippen LogP contribution in [0.4, 0.5) is 0 Å². The highest BCUT2D eigenvalue weighted by atomic mass is 16.1. The van der Waals surface area contributed by atoms with Crippen molar-refractivity contribution in [3.05, 3.63) is 120 Å². The molecule has 0 radical (unpaired) electrons. The first-order chi connectivity index (χ1) is 14.3. The zero-order valence-corrected chi connectivity index (χ0v) is 16.7. The molecule has 0 fully saturated rings. The summed E-state index contributed by atoms with van der Waals surface area (Å²) in [5.74, 6) is 0.0556. The second-order valence-electron chi connectivity index (χ2n) is 7.08. The van der Waals surface area contributed by atoms with E-state index < -0.39 is 0 Å². The van der Waals surface area contributed by atoms with Crippen molar-refractivity contribution in [1.29, 1.82) is 0 Å². The third-order valence-electron chi connectivity index (χ3n) is 4.68. The van der Waals surface area contributed by atoms with Gasteiger partial charge in [0, 0.05) is 26.2 Å². The summed E-state index contributed by atoms with van der Waals surface area (Å²) in [5.41, 5.74) is 3.56. The van der Waals surface area contributed by atoms with Gasteiger partial charge in [0.15, 0.2) is 0 Å². The molecule has 3 aromatic carbocycles. The van der Waals surface area contributed by atoms with Gasteiger partial charge in [-0.2, -0.15) is 0 Å². The van der Waals surface area contributed by atoms with Crippen LogP contribution in [-0.2, 0) is 24.3 Å². The van der Waals surface area contributed by atoms with Crippen molar-refractivity contribution < 1.29 is 4.79 Å². The van der Waals surface area contributed by atoms with Crippen LogP contribution in [0, 0.1) is 0 Å². The number of benzene rings is 3. The lowest BCUT2D eigenvalue weighted by Crippen LogP contribution is -2.24. The standard InChI is InChI=1S/C15H15NO.C11H13N/c17-15(11-13-7-3-1-4-8-13)16-12-14-9-5-2-6-10-14;1-2-6-11(7-3-1)10-12-8-4-5-9-12/h1-10H,11-12H2,(H,16,17);1-7H,8-10H2. The Morgan fingerprint density at radius 2 is 1.17 bits per heavy atom. The van der Waals surface area contributed by atoms with Crippen LogP contribution in [0.3, 0.4) is 0 Å². The van der Waals surface area contributed by atoms with E-state index in [9.17, 15) is 4.79 Å². The number of nitrogens with zero attached hydrogens (tertiary/aromatic N) is 1. The van der Waals surface area contributed by atoms with E-state index in [4.69, 9.17) is 0 Å². The second-order valence-corrected chi connectivity index (χ2v) is 7.08. The Labute approximate surface area is 173 Å². The van der Waals surface area contributed by atoms with Crippen LogP contribution in [0.15, 0.2) is 103 Å². The van der Waals surface area contributed by atoms with Crippen molar-refractivity contribution in [2.24, 2.45) is 0 Å². The van der Waals surface area contributed by atoms with Crippen LogP contribution in [0.2, 0.25) is 0 Å². The number of rotatable bonds is 6. The maximum Gasteiger partial charge on any atom is 0.224 e. The third kappa shape index (κ3) is 7.76. The largest absolute Gasteiger partial charge is 0.352 e. The van der Waals surface area contributed by atoms with E-state index in [0.29, 0.717) is 13.0 Å². The Bertz CT molecular complexity index is 868. The van der Waals surface area contributed by atoms with Gasteiger partial charge in [-0.05, 0) is 16.7 Å². The molecule has 1 amide bonds. The maximum atomic E-state index is 11.7. The summed E-state index contributed by atoms with van der Waals surface area (Å²) in [6.07, 6.45) is 4.89. The van der Waals surface area contributed by atoms with Gasteiger partial charge in [-0.1, -0.05) is 103 Å². The van der Waals surface area contributed by atoms with Gasteiger partial charge in [0.05, 0.1) is 6.42 Å². The minimum Gasteiger partial charge on any atom is -0.352 e. The van der Waals surface area contributed by atoms with Crippen LogP contribution >= 0.6 is 0 Å². The highest BCUT2D eigenvalue weighted by molar-refractivity contribution is 5.78. The molecule has 1 aliphatic rings. The summed E-state index contributed by atoms with van der Waals surface area (Å²) in [7, 11) is 0. The molecule has 3 heteroatoms. The topological polar surface area (TPSA) is 32.3 Å². The molecule has 1 aliphatic heterocycles. The zero-order chi connectivity index (χ0) is 20.2. The van der Waals surface area contributed by atoms with Crippen LogP contribution in [0.1, 0.15) is 16.7 Å². The Morgan fingerprint density at radius 3 is 1.72 bits per heavy atom. The average molecular weight is 385 g/mol. The van der Waals surface area contributed by atoms with Gasteiger partial charge in [0.2, 0.25) is 5.91 Å². The van der Waals surface area contributed by atoms with Gasteiger partial charge in [-0.25, -0.2) is 0 Å². The third-order valence-corrected chi connectivity index (χ3v) is 4.68. The lowest BCUT2D eigenvalue weighted by Gasteiger charge is -2.13. The molecule has 4 rings (SSSR count). The van der Waals surface area contributed by atoms with Crippen molar-refractivity contribution in [1.82, 2.24) is 10.2 Å². The molecule has 0 bridgehead atoms. The van der Waals surface area contributed by atoms with Gasteiger partial charge < -0.3 is 5.32 Å². The zero-order valence-electron chi connectivity index (χ0n) is 16.7.